The van der Waals surface area contributed by atoms with Crippen LogP contribution in [-0.4, -0.2) is 30.1 Å². The molecule has 1 aromatic rings. The van der Waals surface area contributed by atoms with Crippen LogP contribution in [0.5, 0.6) is 0 Å². The highest BCUT2D eigenvalue weighted by atomic mass is 127. The van der Waals surface area contributed by atoms with Crippen molar-refractivity contribution in [3.8, 4) is 0 Å². The number of alkyl halides is 1. The van der Waals surface area contributed by atoms with Crippen molar-refractivity contribution in [2.45, 2.75) is 43.1 Å². The van der Waals surface area contributed by atoms with E-state index in [0.717, 1.165) is 36.8 Å². The third-order valence-electron chi connectivity index (χ3n) is 5.71. The third-order valence-corrected chi connectivity index (χ3v) is 6.59. The summed E-state index contributed by atoms with van der Waals surface area (Å²) in [5.74, 6) is 0.385. The van der Waals surface area contributed by atoms with Crippen molar-refractivity contribution in [1.29, 1.82) is 0 Å². The van der Waals surface area contributed by atoms with Crippen molar-refractivity contribution in [2.24, 2.45) is 11.3 Å². The SMILES string of the molecule is CN1CCC(C2(O)c3ccc(CI)cc3CC2(C)C)CC1. The van der Waals surface area contributed by atoms with Gasteiger partial charge in [0.2, 0.25) is 0 Å². The van der Waals surface area contributed by atoms with Crippen LogP contribution in [0.15, 0.2) is 18.2 Å². The maximum Gasteiger partial charge on any atom is 0.0981 e. The Hall–Kier alpha value is -0.130. The summed E-state index contributed by atoms with van der Waals surface area (Å²) in [6, 6.07) is 6.72. The van der Waals surface area contributed by atoms with Gasteiger partial charge in [-0.25, -0.2) is 0 Å². The average Bonchev–Trinajstić information content (AvgIpc) is 2.66. The lowest BCUT2D eigenvalue weighted by Gasteiger charge is -2.46. The molecule has 21 heavy (non-hydrogen) atoms. The third kappa shape index (κ3) is 2.45. The second-order valence-corrected chi connectivity index (χ2v) is 8.29. The molecule has 0 radical (unpaired) electrons. The molecule has 0 amide bonds. The number of likely N-dealkylation sites (tertiary alicyclic amines) is 1. The molecular formula is C18H26INO. The van der Waals surface area contributed by atoms with E-state index < -0.39 is 5.60 Å². The highest BCUT2D eigenvalue weighted by Crippen LogP contribution is 2.56. The summed E-state index contributed by atoms with van der Waals surface area (Å²) >= 11 is 2.41. The van der Waals surface area contributed by atoms with Gasteiger partial charge in [-0.15, -0.1) is 0 Å². The molecule has 1 aliphatic heterocycles. The lowest BCUT2D eigenvalue weighted by atomic mass is 9.65. The van der Waals surface area contributed by atoms with Gasteiger partial charge in [0.25, 0.3) is 0 Å². The van der Waals surface area contributed by atoms with E-state index in [4.69, 9.17) is 0 Å². The van der Waals surface area contributed by atoms with E-state index in [1.807, 2.05) is 0 Å². The second-order valence-electron chi connectivity index (χ2n) is 7.53. The minimum Gasteiger partial charge on any atom is -0.384 e. The molecule has 1 saturated heterocycles. The van der Waals surface area contributed by atoms with E-state index in [0.29, 0.717) is 5.92 Å². The van der Waals surface area contributed by atoms with Crippen molar-refractivity contribution >= 4 is 22.6 Å². The molecule has 2 aliphatic rings. The van der Waals surface area contributed by atoms with Crippen LogP contribution in [0.4, 0.5) is 0 Å². The van der Waals surface area contributed by atoms with Gasteiger partial charge in [-0.2, -0.15) is 0 Å². The number of hydrogen-bond acceptors (Lipinski definition) is 2. The zero-order chi connectivity index (χ0) is 15.3. The van der Waals surface area contributed by atoms with Gasteiger partial charge in [0.15, 0.2) is 0 Å². The summed E-state index contributed by atoms with van der Waals surface area (Å²) in [6.07, 6.45) is 3.20. The minimum absolute atomic E-state index is 0.0696. The van der Waals surface area contributed by atoms with Gasteiger partial charge in [-0.3, -0.25) is 0 Å². The zero-order valence-electron chi connectivity index (χ0n) is 13.3. The molecule has 0 aromatic heterocycles. The number of nitrogens with zero attached hydrogens (tertiary/aromatic N) is 1. The number of benzene rings is 1. The summed E-state index contributed by atoms with van der Waals surface area (Å²) in [5, 5.41) is 11.7. The molecule has 0 saturated carbocycles. The fourth-order valence-corrected chi connectivity index (χ4v) is 4.90. The first-order valence-electron chi connectivity index (χ1n) is 7.97. The van der Waals surface area contributed by atoms with Crippen LogP contribution < -0.4 is 0 Å². The van der Waals surface area contributed by atoms with Crippen LogP contribution in [0.3, 0.4) is 0 Å². The summed E-state index contributed by atoms with van der Waals surface area (Å²) < 4.78 is 1.04. The molecule has 1 aromatic carbocycles. The van der Waals surface area contributed by atoms with Gasteiger partial charge in [0, 0.05) is 9.84 Å². The highest BCUT2D eigenvalue weighted by Gasteiger charge is 2.55. The summed E-state index contributed by atoms with van der Waals surface area (Å²) in [4.78, 5) is 2.38. The zero-order valence-corrected chi connectivity index (χ0v) is 15.5. The van der Waals surface area contributed by atoms with Gasteiger partial charge in [0.05, 0.1) is 5.60 Å². The Morgan fingerprint density at radius 3 is 2.57 bits per heavy atom. The fraction of sp³-hybridized carbons (Fsp3) is 0.667. The van der Waals surface area contributed by atoms with Gasteiger partial charge < -0.3 is 10.0 Å². The molecule has 2 nitrogen and oxygen atoms in total. The summed E-state index contributed by atoms with van der Waals surface area (Å²) in [7, 11) is 2.18. The summed E-state index contributed by atoms with van der Waals surface area (Å²) in [6.45, 7) is 6.69. The van der Waals surface area contributed by atoms with Crippen LogP contribution >= 0.6 is 22.6 Å². The second kappa shape index (κ2) is 5.50. The first-order chi connectivity index (χ1) is 9.88. The quantitative estimate of drug-likeness (QED) is 0.605. The molecule has 0 bridgehead atoms. The van der Waals surface area contributed by atoms with Crippen LogP contribution in [0, 0.1) is 11.3 Å². The Kier molecular flexibility index (Phi) is 4.13. The van der Waals surface area contributed by atoms with E-state index >= 15 is 0 Å². The van der Waals surface area contributed by atoms with E-state index in [1.165, 1.54) is 16.7 Å². The standard InChI is InChI=1S/C18H26INO/c1-17(2)11-14-10-13(12-19)4-5-16(14)18(17,21)15-6-8-20(3)9-7-15/h4-5,10,15,21H,6-9,11-12H2,1-3H3. The predicted molar refractivity (Wildman–Crippen MR) is 95.8 cm³/mol. The summed E-state index contributed by atoms with van der Waals surface area (Å²) in [5.41, 5.74) is 3.22. The topological polar surface area (TPSA) is 23.5 Å². The highest BCUT2D eigenvalue weighted by molar-refractivity contribution is 14.1. The number of rotatable bonds is 2. The first kappa shape index (κ1) is 15.8. The molecule has 1 atom stereocenters. The van der Waals surface area contributed by atoms with E-state index in [2.05, 4.69) is 66.6 Å². The largest absolute Gasteiger partial charge is 0.384 e. The van der Waals surface area contributed by atoms with Crippen molar-refractivity contribution in [1.82, 2.24) is 4.90 Å². The molecule has 1 unspecified atom stereocenters. The Balaban J connectivity index is 2.01. The monoisotopic (exact) mass is 399 g/mol. The number of fused-ring (bicyclic) bond motifs is 1. The lowest BCUT2D eigenvalue weighted by molar-refractivity contribution is -0.121. The van der Waals surface area contributed by atoms with Crippen molar-refractivity contribution in [3.05, 3.63) is 34.9 Å². The van der Waals surface area contributed by atoms with Crippen molar-refractivity contribution in [2.75, 3.05) is 20.1 Å². The Bertz CT molecular complexity index is 534. The van der Waals surface area contributed by atoms with Gasteiger partial charge in [0.1, 0.15) is 0 Å². The lowest BCUT2D eigenvalue weighted by Crippen LogP contribution is -2.49. The number of hydrogen-bond donors (Lipinski definition) is 1. The van der Waals surface area contributed by atoms with Crippen LogP contribution in [0.1, 0.15) is 43.4 Å². The molecule has 3 heteroatoms. The average molecular weight is 399 g/mol. The molecule has 1 fully saturated rings. The van der Waals surface area contributed by atoms with Gasteiger partial charge in [-0.1, -0.05) is 54.6 Å². The molecule has 116 valence electrons. The maximum atomic E-state index is 11.7. The van der Waals surface area contributed by atoms with Crippen molar-refractivity contribution in [3.63, 3.8) is 0 Å². The molecule has 1 aliphatic carbocycles. The molecule has 1 N–H and O–H groups in total. The first-order valence-corrected chi connectivity index (χ1v) is 9.50. The van der Waals surface area contributed by atoms with E-state index in [1.54, 1.807) is 0 Å². The molecular weight excluding hydrogens is 373 g/mol. The normalized spacial score (nSPS) is 29.6. The number of piperidine rings is 1. The van der Waals surface area contributed by atoms with Crippen LogP contribution in [0.25, 0.3) is 0 Å². The van der Waals surface area contributed by atoms with Gasteiger partial charge in [-0.05, 0) is 62.0 Å². The minimum atomic E-state index is -0.659. The number of halogens is 1. The van der Waals surface area contributed by atoms with Crippen LogP contribution in [-0.2, 0) is 16.4 Å². The van der Waals surface area contributed by atoms with E-state index in [9.17, 15) is 5.11 Å². The van der Waals surface area contributed by atoms with Gasteiger partial charge >= 0.3 is 0 Å². The molecule has 0 spiro atoms. The molecule has 3 rings (SSSR count). The van der Waals surface area contributed by atoms with Crippen molar-refractivity contribution < 1.29 is 5.11 Å². The maximum absolute atomic E-state index is 11.7. The Morgan fingerprint density at radius 2 is 1.95 bits per heavy atom. The molecule has 1 heterocycles. The van der Waals surface area contributed by atoms with Crippen LogP contribution in [0.2, 0.25) is 0 Å². The Labute approximate surface area is 142 Å². The van der Waals surface area contributed by atoms with E-state index in [-0.39, 0.29) is 5.41 Å². The smallest absolute Gasteiger partial charge is 0.0981 e. The number of aliphatic hydroxyl groups is 1. The predicted octanol–water partition coefficient (Wildman–Crippen LogP) is 3.73. The fourth-order valence-electron chi connectivity index (χ4n) is 4.42. The Morgan fingerprint density at radius 1 is 1.29 bits per heavy atom.